The zero-order valence-electron chi connectivity index (χ0n) is 9.93. The van der Waals surface area contributed by atoms with E-state index in [-0.39, 0.29) is 17.1 Å². The molecule has 0 atom stereocenters. The lowest BCUT2D eigenvalue weighted by molar-refractivity contribution is -0.384. The van der Waals surface area contributed by atoms with Gasteiger partial charge in [0.15, 0.2) is 0 Å². The third kappa shape index (κ3) is 3.21. The van der Waals surface area contributed by atoms with Gasteiger partial charge in [-0.2, -0.15) is 0 Å². The van der Waals surface area contributed by atoms with Gasteiger partial charge < -0.3 is 4.74 Å². The van der Waals surface area contributed by atoms with Crippen molar-refractivity contribution < 1.29 is 14.1 Å². The first-order chi connectivity index (χ1) is 9.58. The Labute approximate surface area is 112 Å². The molecule has 0 radical (unpaired) electrons. The van der Waals surface area contributed by atoms with Crippen LogP contribution in [0.2, 0.25) is 0 Å². The van der Waals surface area contributed by atoms with Gasteiger partial charge in [-0.15, -0.1) is 0 Å². The number of hydrogen-bond donors (Lipinski definition) is 0. The van der Waals surface area contributed by atoms with Crippen LogP contribution in [0.5, 0.6) is 11.5 Å². The molecule has 8 heteroatoms. The molecule has 2 rings (SSSR count). The zero-order chi connectivity index (χ0) is 14.5. The number of halogens is 1. The maximum atomic E-state index is 12.8. The monoisotopic (exact) mass is 274 g/mol. The first-order valence-electron chi connectivity index (χ1n) is 5.36. The SMILES string of the molecule is [N-]=[N+]=Nc1cc(Oc2ccc(F)cc2)cc([N+](=O)[O-])c1. The van der Waals surface area contributed by atoms with E-state index in [1.807, 2.05) is 0 Å². The molecular formula is C12H7FN4O3. The average molecular weight is 274 g/mol. The van der Waals surface area contributed by atoms with Crippen LogP contribution in [-0.2, 0) is 0 Å². The molecule has 0 aromatic heterocycles. The Morgan fingerprint density at radius 1 is 1.20 bits per heavy atom. The van der Waals surface area contributed by atoms with Crippen LogP contribution in [-0.4, -0.2) is 4.92 Å². The van der Waals surface area contributed by atoms with Gasteiger partial charge in [0.1, 0.15) is 17.3 Å². The predicted octanol–water partition coefficient (Wildman–Crippen LogP) is 4.47. The van der Waals surface area contributed by atoms with E-state index in [1.165, 1.54) is 36.4 Å². The smallest absolute Gasteiger partial charge is 0.273 e. The number of ether oxygens (including phenoxy) is 1. The van der Waals surface area contributed by atoms with Gasteiger partial charge in [0.25, 0.3) is 5.69 Å². The molecule has 0 spiro atoms. The van der Waals surface area contributed by atoms with Crippen LogP contribution in [0.25, 0.3) is 10.4 Å². The van der Waals surface area contributed by atoms with Gasteiger partial charge in [-0.05, 0) is 35.9 Å². The predicted molar refractivity (Wildman–Crippen MR) is 68.4 cm³/mol. The Hall–Kier alpha value is -3.12. The lowest BCUT2D eigenvalue weighted by atomic mass is 10.2. The molecule has 20 heavy (non-hydrogen) atoms. The van der Waals surface area contributed by atoms with E-state index in [0.717, 1.165) is 6.07 Å². The molecule has 2 aromatic carbocycles. The van der Waals surface area contributed by atoms with Gasteiger partial charge in [-0.1, -0.05) is 5.11 Å². The maximum Gasteiger partial charge on any atom is 0.273 e. The highest BCUT2D eigenvalue weighted by Gasteiger charge is 2.10. The number of benzene rings is 2. The molecule has 0 aliphatic carbocycles. The van der Waals surface area contributed by atoms with Gasteiger partial charge in [-0.25, -0.2) is 4.39 Å². The van der Waals surface area contributed by atoms with Crippen molar-refractivity contribution >= 4 is 11.4 Å². The van der Waals surface area contributed by atoms with Crippen LogP contribution in [0.15, 0.2) is 47.6 Å². The quantitative estimate of drug-likeness (QED) is 0.270. The molecule has 100 valence electrons. The minimum atomic E-state index is -0.631. The molecule has 0 heterocycles. The number of non-ortho nitro benzene ring substituents is 1. The number of nitrogens with zero attached hydrogens (tertiary/aromatic N) is 4. The largest absolute Gasteiger partial charge is 0.457 e. The summed E-state index contributed by atoms with van der Waals surface area (Å²) in [6, 6.07) is 8.79. The molecule has 0 bridgehead atoms. The molecule has 0 aliphatic rings. The van der Waals surface area contributed by atoms with Crippen LogP contribution in [0.4, 0.5) is 15.8 Å². The van der Waals surface area contributed by atoms with E-state index in [9.17, 15) is 14.5 Å². The van der Waals surface area contributed by atoms with E-state index in [4.69, 9.17) is 10.3 Å². The Morgan fingerprint density at radius 3 is 2.50 bits per heavy atom. The second-order valence-corrected chi connectivity index (χ2v) is 3.69. The van der Waals surface area contributed by atoms with E-state index < -0.39 is 10.7 Å². The van der Waals surface area contributed by atoms with Crippen molar-refractivity contribution in [3.8, 4) is 11.5 Å². The third-order valence-corrected chi connectivity index (χ3v) is 2.30. The minimum absolute atomic E-state index is 0.0545. The number of hydrogen-bond acceptors (Lipinski definition) is 4. The summed E-state index contributed by atoms with van der Waals surface area (Å²) in [6.45, 7) is 0. The van der Waals surface area contributed by atoms with E-state index in [0.29, 0.717) is 5.75 Å². The number of nitro benzene ring substituents is 1. The summed E-state index contributed by atoms with van der Waals surface area (Å²) in [5.74, 6) is -0.00171. The lowest BCUT2D eigenvalue weighted by Gasteiger charge is -2.06. The summed E-state index contributed by atoms with van der Waals surface area (Å²) in [6.07, 6.45) is 0. The van der Waals surface area contributed by atoms with Crippen molar-refractivity contribution in [3.63, 3.8) is 0 Å². The van der Waals surface area contributed by atoms with E-state index in [2.05, 4.69) is 10.0 Å². The Kier molecular flexibility index (Phi) is 3.78. The Balaban J connectivity index is 2.37. The van der Waals surface area contributed by atoms with Gasteiger partial charge in [0.05, 0.1) is 11.0 Å². The summed E-state index contributed by atoms with van der Waals surface area (Å²) in [5, 5.41) is 14.1. The molecule has 0 amide bonds. The Morgan fingerprint density at radius 2 is 1.90 bits per heavy atom. The summed E-state index contributed by atoms with van der Waals surface area (Å²) in [4.78, 5) is 12.7. The Bertz CT molecular complexity index is 676. The van der Waals surface area contributed by atoms with E-state index in [1.54, 1.807) is 0 Å². The van der Waals surface area contributed by atoms with Crippen LogP contribution in [0, 0.1) is 15.9 Å². The second kappa shape index (κ2) is 5.68. The van der Waals surface area contributed by atoms with Crippen molar-refractivity contribution in [2.24, 2.45) is 5.11 Å². The molecule has 0 saturated heterocycles. The van der Waals surface area contributed by atoms with Crippen LogP contribution in [0.3, 0.4) is 0 Å². The zero-order valence-corrected chi connectivity index (χ0v) is 9.93. The van der Waals surface area contributed by atoms with Crippen molar-refractivity contribution in [1.29, 1.82) is 0 Å². The third-order valence-electron chi connectivity index (χ3n) is 2.30. The van der Waals surface area contributed by atoms with Gasteiger partial charge in [0.2, 0.25) is 0 Å². The van der Waals surface area contributed by atoms with Crippen LogP contribution < -0.4 is 4.74 Å². The maximum absolute atomic E-state index is 12.8. The fourth-order valence-electron chi connectivity index (χ4n) is 1.48. The van der Waals surface area contributed by atoms with Crippen molar-refractivity contribution in [1.82, 2.24) is 0 Å². The standard InChI is InChI=1S/C12H7FN4O3/c13-8-1-3-11(4-2-8)20-12-6-9(15-16-14)5-10(7-12)17(18)19/h1-7H. The normalized spacial score (nSPS) is 9.65. The number of azide groups is 1. The summed E-state index contributed by atoms with van der Waals surface area (Å²) in [5.41, 5.74) is 8.15. The van der Waals surface area contributed by atoms with Crippen molar-refractivity contribution in [2.45, 2.75) is 0 Å². The summed E-state index contributed by atoms with van der Waals surface area (Å²) in [7, 11) is 0. The molecular weight excluding hydrogens is 267 g/mol. The van der Waals surface area contributed by atoms with Crippen molar-refractivity contribution in [2.75, 3.05) is 0 Å². The molecule has 7 nitrogen and oxygen atoms in total. The minimum Gasteiger partial charge on any atom is -0.457 e. The number of nitro groups is 1. The second-order valence-electron chi connectivity index (χ2n) is 3.69. The molecule has 0 aliphatic heterocycles. The fourth-order valence-corrected chi connectivity index (χ4v) is 1.48. The molecule has 0 N–H and O–H groups in total. The van der Waals surface area contributed by atoms with E-state index >= 15 is 0 Å². The topological polar surface area (TPSA) is 101 Å². The summed E-state index contributed by atoms with van der Waals surface area (Å²) < 4.78 is 18.1. The molecule has 2 aromatic rings. The van der Waals surface area contributed by atoms with Crippen molar-refractivity contribution in [3.05, 3.63) is 68.8 Å². The lowest BCUT2D eigenvalue weighted by Crippen LogP contribution is -1.90. The van der Waals surface area contributed by atoms with Gasteiger partial charge >= 0.3 is 0 Å². The first kappa shape index (κ1) is 13.3. The molecule has 0 fully saturated rings. The van der Waals surface area contributed by atoms with Crippen LogP contribution in [0.1, 0.15) is 0 Å². The van der Waals surface area contributed by atoms with Gasteiger partial charge in [0, 0.05) is 16.7 Å². The average Bonchev–Trinajstić information content (AvgIpc) is 2.41. The first-order valence-corrected chi connectivity index (χ1v) is 5.36. The highest BCUT2D eigenvalue weighted by atomic mass is 19.1. The molecule has 0 saturated carbocycles. The summed E-state index contributed by atoms with van der Waals surface area (Å²) >= 11 is 0. The number of rotatable bonds is 4. The van der Waals surface area contributed by atoms with Crippen LogP contribution >= 0.6 is 0 Å². The fraction of sp³-hybridized carbons (Fsp3) is 0. The highest BCUT2D eigenvalue weighted by Crippen LogP contribution is 2.31. The molecule has 0 unspecified atom stereocenters. The highest BCUT2D eigenvalue weighted by molar-refractivity contribution is 5.53. The van der Waals surface area contributed by atoms with Gasteiger partial charge in [-0.3, -0.25) is 10.1 Å².